The van der Waals surface area contributed by atoms with Gasteiger partial charge >= 0.3 is 6.09 Å². The van der Waals surface area contributed by atoms with E-state index < -0.39 is 18.4 Å². The molecule has 1 rings (SSSR count). The van der Waals surface area contributed by atoms with Crippen molar-refractivity contribution in [1.82, 2.24) is 10.6 Å². The number of carboxylic acid groups (broad SMARTS) is 1. The Balaban J connectivity index is 2.61. The van der Waals surface area contributed by atoms with Crippen LogP contribution in [0.2, 0.25) is 0 Å². The molecule has 0 aromatic heterocycles. The van der Waals surface area contributed by atoms with Gasteiger partial charge in [0.25, 0.3) is 0 Å². The van der Waals surface area contributed by atoms with Crippen molar-refractivity contribution in [3.05, 3.63) is 0 Å². The first-order chi connectivity index (χ1) is 8.08. The predicted molar refractivity (Wildman–Crippen MR) is 58.5 cm³/mol. The molecule has 0 bridgehead atoms. The molecule has 0 spiro atoms. The van der Waals surface area contributed by atoms with Gasteiger partial charge in [0.1, 0.15) is 0 Å². The minimum Gasteiger partial charge on any atom is -0.465 e. The fraction of sp³-hybridized carbons (Fsp3) is 0.800. The highest BCUT2D eigenvalue weighted by Gasteiger charge is 2.32. The highest BCUT2D eigenvalue weighted by molar-refractivity contribution is 5.80. The number of hydrogen-bond acceptors (Lipinski definition) is 4. The summed E-state index contributed by atoms with van der Waals surface area (Å²) in [6.45, 7) is 0.633. The third kappa shape index (κ3) is 3.86. The average Bonchev–Trinajstić information content (AvgIpc) is 2.65. The molecule has 2 atom stereocenters. The summed E-state index contributed by atoms with van der Waals surface area (Å²) in [5.41, 5.74) is 0. The van der Waals surface area contributed by atoms with Gasteiger partial charge in [0, 0.05) is 26.7 Å². The Labute approximate surface area is 99.5 Å². The summed E-state index contributed by atoms with van der Waals surface area (Å²) in [4.78, 5) is 22.1. The van der Waals surface area contributed by atoms with Crippen molar-refractivity contribution in [2.45, 2.75) is 25.2 Å². The van der Waals surface area contributed by atoms with Gasteiger partial charge in [-0.05, 0) is 12.8 Å². The van der Waals surface area contributed by atoms with Gasteiger partial charge < -0.3 is 25.2 Å². The first-order valence-electron chi connectivity index (χ1n) is 5.41. The van der Waals surface area contributed by atoms with E-state index in [0.29, 0.717) is 19.4 Å². The fourth-order valence-electron chi connectivity index (χ4n) is 2.00. The molecule has 0 aliphatic carbocycles. The minimum atomic E-state index is -1.16. The number of ether oxygens (including phenoxy) is 2. The molecule has 2 amide bonds. The van der Waals surface area contributed by atoms with Crippen LogP contribution < -0.4 is 10.6 Å². The van der Waals surface area contributed by atoms with E-state index in [4.69, 9.17) is 14.6 Å². The summed E-state index contributed by atoms with van der Waals surface area (Å²) >= 11 is 0. The Kier molecular flexibility index (Phi) is 5.17. The smallest absolute Gasteiger partial charge is 0.405 e. The number of carbonyl (C=O) groups is 2. The van der Waals surface area contributed by atoms with Crippen molar-refractivity contribution < 1.29 is 24.2 Å². The van der Waals surface area contributed by atoms with E-state index in [1.54, 1.807) is 0 Å². The van der Waals surface area contributed by atoms with Crippen LogP contribution in [-0.2, 0) is 14.3 Å². The van der Waals surface area contributed by atoms with E-state index in [9.17, 15) is 9.59 Å². The normalized spacial score (nSPS) is 21.4. The lowest BCUT2D eigenvalue weighted by atomic mass is 9.98. The van der Waals surface area contributed by atoms with Gasteiger partial charge in [0.15, 0.2) is 6.29 Å². The SMILES string of the molecule is COC(OC)[C@H](C[C@@H]1CCNC1=O)NC(=O)O. The summed E-state index contributed by atoms with van der Waals surface area (Å²) in [5.74, 6) is -0.243. The molecule has 1 aliphatic rings. The zero-order valence-corrected chi connectivity index (χ0v) is 9.93. The molecular weight excluding hydrogens is 228 g/mol. The molecule has 0 saturated carbocycles. The molecule has 3 N–H and O–H groups in total. The second kappa shape index (κ2) is 6.41. The number of rotatable bonds is 6. The fourth-order valence-corrected chi connectivity index (χ4v) is 2.00. The van der Waals surface area contributed by atoms with Crippen LogP contribution in [0.25, 0.3) is 0 Å². The standard InChI is InChI=1S/C10H18N2O5/c1-16-9(17-2)7(12-10(14)15)5-6-3-4-11-8(6)13/h6-7,9,12H,3-5H2,1-2H3,(H,11,13)(H,14,15)/t6-,7-/m0/s1. The van der Waals surface area contributed by atoms with E-state index in [0.717, 1.165) is 0 Å². The van der Waals surface area contributed by atoms with Gasteiger partial charge in [-0.1, -0.05) is 0 Å². The monoisotopic (exact) mass is 246 g/mol. The van der Waals surface area contributed by atoms with Crippen LogP contribution in [0.5, 0.6) is 0 Å². The lowest BCUT2D eigenvalue weighted by Crippen LogP contribution is -2.46. The summed E-state index contributed by atoms with van der Waals surface area (Å²) in [5, 5.41) is 13.8. The zero-order valence-electron chi connectivity index (χ0n) is 9.93. The van der Waals surface area contributed by atoms with Crippen LogP contribution in [0.4, 0.5) is 4.79 Å². The molecule has 1 fully saturated rings. The van der Waals surface area contributed by atoms with Crippen LogP contribution in [-0.4, -0.2) is 50.2 Å². The maximum atomic E-state index is 11.4. The largest absolute Gasteiger partial charge is 0.465 e. The third-order valence-electron chi connectivity index (χ3n) is 2.80. The quantitative estimate of drug-likeness (QED) is 0.562. The summed E-state index contributed by atoms with van der Waals surface area (Å²) in [6, 6.07) is -0.559. The number of carbonyl (C=O) groups excluding carboxylic acids is 1. The summed E-state index contributed by atoms with van der Waals surface area (Å²) < 4.78 is 10.1. The van der Waals surface area contributed by atoms with Crippen molar-refractivity contribution >= 4 is 12.0 Å². The van der Waals surface area contributed by atoms with E-state index in [1.807, 2.05) is 0 Å². The minimum absolute atomic E-state index is 0.0480. The Bertz CT molecular complexity index is 280. The van der Waals surface area contributed by atoms with Gasteiger partial charge in [-0.3, -0.25) is 4.79 Å². The first kappa shape index (κ1) is 13.7. The van der Waals surface area contributed by atoms with Gasteiger partial charge in [-0.25, -0.2) is 4.79 Å². The average molecular weight is 246 g/mol. The van der Waals surface area contributed by atoms with Crippen molar-refractivity contribution in [1.29, 1.82) is 0 Å². The van der Waals surface area contributed by atoms with Crippen LogP contribution in [0, 0.1) is 5.92 Å². The first-order valence-corrected chi connectivity index (χ1v) is 5.41. The molecule has 0 radical (unpaired) electrons. The highest BCUT2D eigenvalue weighted by atomic mass is 16.7. The molecule has 1 saturated heterocycles. The number of methoxy groups -OCH3 is 2. The summed E-state index contributed by atoms with van der Waals surface area (Å²) in [7, 11) is 2.86. The van der Waals surface area contributed by atoms with Crippen molar-refractivity contribution in [2.24, 2.45) is 5.92 Å². The Morgan fingerprint density at radius 3 is 2.65 bits per heavy atom. The zero-order chi connectivity index (χ0) is 12.8. The molecule has 7 nitrogen and oxygen atoms in total. The van der Waals surface area contributed by atoms with Crippen LogP contribution in [0.1, 0.15) is 12.8 Å². The molecule has 98 valence electrons. The Morgan fingerprint density at radius 2 is 2.24 bits per heavy atom. The van der Waals surface area contributed by atoms with E-state index in [-0.39, 0.29) is 11.8 Å². The van der Waals surface area contributed by atoms with E-state index in [2.05, 4.69) is 10.6 Å². The maximum Gasteiger partial charge on any atom is 0.405 e. The van der Waals surface area contributed by atoms with Gasteiger partial charge in [0.05, 0.1) is 6.04 Å². The highest BCUT2D eigenvalue weighted by Crippen LogP contribution is 2.18. The second-order valence-corrected chi connectivity index (χ2v) is 3.91. The molecule has 1 heterocycles. The van der Waals surface area contributed by atoms with Crippen molar-refractivity contribution in [3.63, 3.8) is 0 Å². The van der Waals surface area contributed by atoms with Crippen molar-refractivity contribution in [3.8, 4) is 0 Å². The van der Waals surface area contributed by atoms with Crippen molar-refractivity contribution in [2.75, 3.05) is 20.8 Å². The molecular formula is C10H18N2O5. The lowest BCUT2D eigenvalue weighted by molar-refractivity contribution is -0.131. The van der Waals surface area contributed by atoms with E-state index in [1.165, 1.54) is 14.2 Å². The predicted octanol–water partition coefficient (Wildman–Crippen LogP) is -0.232. The molecule has 0 unspecified atom stereocenters. The second-order valence-electron chi connectivity index (χ2n) is 3.91. The van der Waals surface area contributed by atoms with Gasteiger partial charge in [-0.2, -0.15) is 0 Å². The molecule has 7 heteroatoms. The molecule has 0 aromatic carbocycles. The Morgan fingerprint density at radius 1 is 1.59 bits per heavy atom. The summed E-state index contributed by atoms with van der Waals surface area (Å²) in [6.07, 6.45) is -0.784. The topological polar surface area (TPSA) is 96.9 Å². The van der Waals surface area contributed by atoms with Crippen LogP contribution in [0.3, 0.4) is 0 Å². The maximum absolute atomic E-state index is 11.4. The van der Waals surface area contributed by atoms with E-state index >= 15 is 0 Å². The van der Waals surface area contributed by atoms with Crippen LogP contribution >= 0.6 is 0 Å². The lowest BCUT2D eigenvalue weighted by Gasteiger charge is -2.26. The molecule has 17 heavy (non-hydrogen) atoms. The van der Waals surface area contributed by atoms with Crippen LogP contribution in [0.15, 0.2) is 0 Å². The molecule has 1 aliphatic heterocycles. The van der Waals surface area contributed by atoms with Gasteiger partial charge in [-0.15, -0.1) is 0 Å². The van der Waals surface area contributed by atoms with Gasteiger partial charge in [0.2, 0.25) is 5.91 Å². The number of amides is 2. The Hall–Kier alpha value is -1.34. The third-order valence-corrected chi connectivity index (χ3v) is 2.80. The number of nitrogens with one attached hydrogen (secondary N) is 2. The number of hydrogen-bond donors (Lipinski definition) is 3. The molecule has 0 aromatic rings.